The number of pyridine rings is 1. The monoisotopic (exact) mass is 272 g/mol. The van der Waals surface area contributed by atoms with Crippen LogP contribution in [0.15, 0.2) is 42.6 Å². The minimum Gasteiger partial charge on any atom is -0.481 e. The van der Waals surface area contributed by atoms with Gasteiger partial charge in [0.15, 0.2) is 0 Å². The van der Waals surface area contributed by atoms with E-state index in [0.717, 1.165) is 11.4 Å². The first-order chi connectivity index (χ1) is 9.72. The minimum absolute atomic E-state index is 0.315. The molecular weight excluding hydrogens is 256 g/mol. The molecule has 1 heterocycles. The predicted molar refractivity (Wildman–Crippen MR) is 76.5 cm³/mol. The van der Waals surface area contributed by atoms with E-state index in [1.54, 1.807) is 38.4 Å². The number of aromatic nitrogens is 1. The first kappa shape index (κ1) is 13.9. The van der Waals surface area contributed by atoms with E-state index in [9.17, 15) is 4.79 Å². The van der Waals surface area contributed by atoms with E-state index in [2.05, 4.69) is 10.3 Å². The maximum absolute atomic E-state index is 11.5. The Morgan fingerprint density at radius 3 is 2.60 bits per heavy atom. The predicted octanol–water partition coefficient (Wildman–Crippen LogP) is 3.01. The molecule has 0 saturated heterocycles. The Balaban J connectivity index is 2.08. The summed E-state index contributed by atoms with van der Waals surface area (Å²) < 4.78 is 9.99. The molecule has 0 fully saturated rings. The number of carbonyl (C=O) groups is 1. The summed E-state index contributed by atoms with van der Waals surface area (Å²) in [4.78, 5) is 15.6. The fraction of sp³-hybridized carbons (Fsp3) is 0.200. The molecular formula is C15H16N2O3. The van der Waals surface area contributed by atoms with Crippen LogP contribution in [0, 0.1) is 0 Å². The van der Waals surface area contributed by atoms with E-state index in [1.807, 2.05) is 18.2 Å². The molecule has 104 valence electrons. The Morgan fingerprint density at radius 2 is 1.95 bits per heavy atom. The van der Waals surface area contributed by atoms with Crippen LogP contribution in [0.5, 0.6) is 5.88 Å². The summed E-state index contributed by atoms with van der Waals surface area (Å²) in [7, 11) is 1.57. The summed E-state index contributed by atoms with van der Waals surface area (Å²) in [5, 5.41) is 3.20. The molecule has 0 aliphatic heterocycles. The van der Waals surface area contributed by atoms with Gasteiger partial charge in [0.25, 0.3) is 0 Å². The zero-order valence-electron chi connectivity index (χ0n) is 11.4. The van der Waals surface area contributed by atoms with Crippen LogP contribution in [0.2, 0.25) is 0 Å². The zero-order valence-corrected chi connectivity index (χ0v) is 11.4. The number of methoxy groups -OCH3 is 1. The van der Waals surface area contributed by atoms with E-state index in [0.29, 0.717) is 18.1 Å². The quantitative estimate of drug-likeness (QED) is 0.848. The Morgan fingerprint density at radius 1 is 1.20 bits per heavy atom. The number of nitrogens with zero attached hydrogens (tertiary/aromatic N) is 1. The van der Waals surface area contributed by atoms with Gasteiger partial charge in [0.05, 0.1) is 19.3 Å². The van der Waals surface area contributed by atoms with Crippen LogP contribution in [0.1, 0.15) is 17.3 Å². The van der Waals surface area contributed by atoms with Crippen LogP contribution >= 0.6 is 0 Å². The van der Waals surface area contributed by atoms with E-state index < -0.39 is 0 Å². The number of esters is 1. The molecule has 1 aromatic heterocycles. The average Bonchev–Trinajstić information content (AvgIpc) is 2.48. The van der Waals surface area contributed by atoms with Crippen molar-refractivity contribution in [3.8, 4) is 5.88 Å². The fourth-order valence-electron chi connectivity index (χ4n) is 1.67. The third kappa shape index (κ3) is 3.47. The highest BCUT2D eigenvalue weighted by Gasteiger charge is 2.05. The summed E-state index contributed by atoms with van der Waals surface area (Å²) in [6.45, 7) is 2.15. The van der Waals surface area contributed by atoms with Crippen LogP contribution in [0.3, 0.4) is 0 Å². The van der Waals surface area contributed by atoms with Crippen molar-refractivity contribution in [2.45, 2.75) is 6.92 Å². The number of hydrogen-bond acceptors (Lipinski definition) is 5. The standard InChI is InChI=1S/C15H16N2O3/c1-3-20-15(18)11-4-6-12(7-5-11)17-13-8-9-16-14(10-13)19-2/h4-10H,3H2,1-2H3,(H,16,17). The number of benzene rings is 1. The molecule has 5 heteroatoms. The molecule has 0 unspecified atom stereocenters. The van der Waals surface area contributed by atoms with Crippen molar-refractivity contribution in [2.24, 2.45) is 0 Å². The molecule has 0 spiro atoms. The lowest BCUT2D eigenvalue weighted by atomic mass is 10.2. The molecule has 2 rings (SSSR count). The normalized spacial score (nSPS) is 9.90. The number of rotatable bonds is 5. The molecule has 0 aliphatic rings. The Kier molecular flexibility index (Phi) is 4.55. The number of hydrogen-bond donors (Lipinski definition) is 1. The topological polar surface area (TPSA) is 60.5 Å². The van der Waals surface area contributed by atoms with E-state index >= 15 is 0 Å². The minimum atomic E-state index is -0.315. The third-order valence-corrected chi connectivity index (χ3v) is 2.63. The van der Waals surface area contributed by atoms with Crippen LogP contribution in [-0.4, -0.2) is 24.7 Å². The van der Waals surface area contributed by atoms with Crippen molar-refractivity contribution in [1.29, 1.82) is 0 Å². The zero-order chi connectivity index (χ0) is 14.4. The van der Waals surface area contributed by atoms with Crippen LogP contribution < -0.4 is 10.1 Å². The van der Waals surface area contributed by atoms with Crippen molar-refractivity contribution in [3.63, 3.8) is 0 Å². The molecule has 2 aromatic rings. The van der Waals surface area contributed by atoms with Crippen LogP contribution in [0.25, 0.3) is 0 Å². The number of ether oxygens (including phenoxy) is 2. The molecule has 0 bridgehead atoms. The van der Waals surface area contributed by atoms with Gasteiger partial charge in [0.1, 0.15) is 0 Å². The van der Waals surface area contributed by atoms with Gasteiger partial charge in [-0.15, -0.1) is 0 Å². The van der Waals surface area contributed by atoms with Crippen molar-refractivity contribution in [3.05, 3.63) is 48.2 Å². The van der Waals surface area contributed by atoms with E-state index in [4.69, 9.17) is 9.47 Å². The second kappa shape index (κ2) is 6.56. The molecule has 0 amide bonds. The fourth-order valence-corrected chi connectivity index (χ4v) is 1.67. The van der Waals surface area contributed by atoms with Gasteiger partial charge in [0.2, 0.25) is 5.88 Å². The second-order valence-electron chi connectivity index (χ2n) is 4.01. The summed E-state index contributed by atoms with van der Waals surface area (Å²) in [5.74, 6) is 0.225. The molecule has 0 aliphatic carbocycles. The molecule has 5 nitrogen and oxygen atoms in total. The summed E-state index contributed by atoms with van der Waals surface area (Å²) >= 11 is 0. The summed E-state index contributed by atoms with van der Waals surface area (Å²) in [6.07, 6.45) is 1.66. The lowest BCUT2D eigenvalue weighted by Gasteiger charge is -2.08. The highest BCUT2D eigenvalue weighted by molar-refractivity contribution is 5.89. The first-order valence-electron chi connectivity index (χ1n) is 6.27. The second-order valence-corrected chi connectivity index (χ2v) is 4.01. The molecule has 0 radical (unpaired) electrons. The van der Waals surface area contributed by atoms with Crippen molar-refractivity contribution < 1.29 is 14.3 Å². The van der Waals surface area contributed by atoms with E-state index in [-0.39, 0.29) is 5.97 Å². The van der Waals surface area contributed by atoms with Gasteiger partial charge in [-0.05, 0) is 37.3 Å². The summed E-state index contributed by atoms with van der Waals surface area (Å²) in [6, 6.07) is 10.7. The van der Waals surface area contributed by atoms with Crippen molar-refractivity contribution >= 4 is 17.3 Å². The highest BCUT2D eigenvalue weighted by Crippen LogP contribution is 2.19. The van der Waals surface area contributed by atoms with Gasteiger partial charge >= 0.3 is 5.97 Å². The molecule has 20 heavy (non-hydrogen) atoms. The van der Waals surface area contributed by atoms with Gasteiger partial charge in [-0.1, -0.05) is 0 Å². The SMILES string of the molecule is CCOC(=O)c1ccc(Nc2ccnc(OC)c2)cc1. The maximum Gasteiger partial charge on any atom is 0.338 e. The Bertz CT molecular complexity index is 582. The van der Waals surface area contributed by atoms with Crippen molar-refractivity contribution in [1.82, 2.24) is 4.98 Å². The average molecular weight is 272 g/mol. The van der Waals surface area contributed by atoms with Gasteiger partial charge in [-0.2, -0.15) is 0 Å². The van der Waals surface area contributed by atoms with Crippen LogP contribution in [-0.2, 0) is 4.74 Å². The lowest BCUT2D eigenvalue weighted by Crippen LogP contribution is -2.04. The molecule has 1 N–H and O–H groups in total. The smallest absolute Gasteiger partial charge is 0.338 e. The first-order valence-corrected chi connectivity index (χ1v) is 6.27. The Labute approximate surface area is 117 Å². The molecule has 0 saturated carbocycles. The largest absolute Gasteiger partial charge is 0.481 e. The van der Waals surface area contributed by atoms with Gasteiger partial charge < -0.3 is 14.8 Å². The number of carbonyl (C=O) groups excluding carboxylic acids is 1. The maximum atomic E-state index is 11.5. The van der Waals surface area contributed by atoms with Crippen molar-refractivity contribution in [2.75, 3.05) is 19.0 Å². The van der Waals surface area contributed by atoms with Gasteiger partial charge in [0, 0.05) is 23.6 Å². The highest BCUT2D eigenvalue weighted by atomic mass is 16.5. The van der Waals surface area contributed by atoms with Gasteiger partial charge in [-0.3, -0.25) is 0 Å². The number of anilines is 2. The van der Waals surface area contributed by atoms with E-state index in [1.165, 1.54) is 0 Å². The molecule has 0 atom stereocenters. The molecule has 1 aromatic carbocycles. The van der Waals surface area contributed by atoms with Crippen LogP contribution in [0.4, 0.5) is 11.4 Å². The third-order valence-electron chi connectivity index (χ3n) is 2.63. The van der Waals surface area contributed by atoms with Gasteiger partial charge in [-0.25, -0.2) is 9.78 Å². The lowest BCUT2D eigenvalue weighted by molar-refractivity contribution is 0.0526. The number of nitrogens with one attached hydrogen (secondary N) is 1. The Hall–Kier alpha value is -2.56. The summed E-state index contributed by atoms with van der Waals surface area (Å²) in [5.41, 5.74) is 2.26.